The Hall–Kier alpha value is -2.81. The van der Waals surface area contributed by atoms with Crippen molar-refractivity contribution in [3.8, 4) is 28.1 Å². The van der Waals surface area contributed by atoms with Crippen molar-refractivity contribution in [2.75, 3.05) is 18.5 Å². The molecule has 2 aromatic carbocycles. The molecule has 0 aliphatic rings. The summed E-state index contributed by atoms with van der Waals surface area (Å²) >= 11 is 0. The van der Waals surface area contributed by atoms with E-state index in [0.717, 1.165) is 47.6 Å². The third kappa shape index (κ3) is 4.05. The van der Waals surface area contributed by atoms with Gasteiger partial charge in [0.05, 0.1) is 5.69 Å². The molecular formula is C23H26N2O. The second kappa shape index (κ2) is 8.05. The van der Waals surface area contributed by atoms with Crippen molar-refractivity contribution in [3.63, 3.8) is 0 Å². The molecule has 0 unspecified atom stereocenters. The molecule has 3 heteroatoms. The summed E-state index contributed by atoms with van der Waals surface area (Å²) in [5, 5.41) is 9.73. The smallest absolute Gasteiger partial charge is 0.129 e. The molecule has 0 saturated heterocycles. The molecule has 1 heterocycles. The number of aryl methyl sites for hydroxylation is 1. The Morgan fingerprint density at radius 1 is 0.962 bits per heavy atom. The molecule has 3 nitrogen and oxygen atoms in total. The fourth-order valence-electron chi connectivity index (χ4n) is 3.09. The lowest BCUT2D eigenvalue weighted by Crippen LogP contribution is -2.19. The maximum Gasteiger partial charge on any atom is 0.129 e. The van der Waals surface area contributed by atoms with Crippen LogP contribution in [-0.4, -0.2) is 23.7 Å². The van der Waals surface area contributed by atoms with Gasteiger partial charge in [-0.05, 0) is 60.4 Å². The number of unbranched alkanes of at least 4 members (excludes halogenated alkanes) is 1. The van der Waals surface area contributed by atoms with Crippen LogP contribution in [-0.2, 0) is 0 Å². The number of hydrogen-bond donors (Lipinski definition) is 1. The number of pyridine rings is 1. The van der Waals surface area contributed by atoms with Gasteiger partial charge in [0.1, 0.15) is 11.6 Å². The van der Waals surface area contributed by atoms with Crippen LogP contribution in [0, 0.1) is 6.92 Å². The minimum atomic E-state index is 0.283. The normalized spacial score (nSPS) is 10.7. The Kier molecular flexibility index (Phi) is 5.57. The first-order valence-electron chi connectivity index (χ1n) is 9.17. The quantitative estimate of drug-likeness (QED) is 0.625. The molecule has 0 spiro atoms. The van der Waals surface area contributed by atoms with Crippen molar-refractivity contribution in [1.82, 2.24) is 4.98 Å². The second-order valence-corrected chi connectivity index (χ2v) is 6.74. The highest BCUT2D eigenvalue weighted by Gasteiger charge is 2.12. The topological polar surface area (TPSA) is 36.4 Å². The summed E-state index contributed by atoms with van der Waals surface area (Å²) < 4.78 is 0. The fraction of sp³-hybridized carbons (Fsp3) is 0.261. The molecule has 0 amide bonds. The van der Waals surface area contributed by atoms with Gasteiger partial charge < -0.3 is 10.0 Å². The zero-order chi connectivity index (χ0) is 18.5. The van der Waals surface area contributed by atoms with Crippen LogP contribution in [0.2, 0.25) is 0 Å². The van der Waals surface area contributed by atoms with Crippen LogP contribution < -0.4 is 4.90 Å². The van der Waals surface area contributed by atoms with Gasteiger partial charge in [0.2, 0.25) is 0 Å². The highest BCUT2D eigenvalue weighted by molar-refractivity contribution is 5.75. The van der Waals surface area contributed by atoms with Gasteiger partial charge in [-0.25, -0.2) is 4.98 Å². The van der Waals surface area contributed by atoms with Gasteiger partial charge in [-0.1, -0.05) is 43.7 Å². The molecule has 3 aromatic rings. The summed E-state index contributed by atoms with van der Waals surface area (Å²) in [6.45, 7) is 5.19. The van der Waals surface area contributed by atoms with Crippen LogP contribution in [0.4, 0.5) is 5.82 Å². The van der Waals surface area contributed by atoms with E-state index in [1.54, 1.807) is 12.1 Å². The van der Waals surface area contributed by atoms with Crippen LogP contribution >= 0.6 is 0 Å². The number of anilines is 1. The Morgan fingerprint density at radius 3 is 2.42 bits per heavy atom. The maximum absolute atomic E-state index is 9.73. The molecule has 0 fully saturated rings. The summed E-state index contributed by atoms with van der Waals surface area (Å²) in [6.07, 6.45) is 2.30. The van der Waals surface area contributed by atoms with E-state index in [1.165, 1.54) is 5.56 Å². The number of aromatic hydroxyl groups is 1. The molecule has 0 atom stereocenters. The first kappa shape index (κ1) is 18.0. The number of benzene rings is 2. The SMILES string of the molecule is CCCCN(C)c1cc(-c2ccccc2)cc(-c2ccc(O)cc2C)n1. The summed E-state index contributed by atoms with van der Waals surface area (Å²) in [6, 6.07) is 20.1. The average molecular weight is 346 g/mol. The van der Waals surface area contributed by atoms with Crippen LogP contribution in [0.1, 0.15) is 25.3 Å². The largest absolute Gasteiger partial charge is 0.508 e. The number of nitrogens with zero attached hydrogens (tertiary/aromatic N) is 2. The predicted octanol–water partition coefficient (Wildman–Crippen LogP) is 5.67. The number of phenolic OH excluding ortho intramolecular Hbond substituents is 1. The minimum Gasteiger partial charge on any atom is -0.508 e. The lowest BCUT2D eigenvalue weighted by molar-refractivity contribution is 0.475. The van der Waals surface area contributed by atoms with Gasteiger partial charge in [0.15, 0.2) is 0 Å². The van der Waals surface area contributed by atoms with Gasteiger partial charge in [0.25, 0.3) is 0 Å². The van der Waals surface area contributed by atoms with Crippen LogP contribution in [0.15, 0.2) is 60.7 Å². The van der Waals surface area contributed by atoms with Gasteiger partial charge in [-0.15, -0.1) is 0 Å². The molecular weight excluding hydrogens is 320 g/mol. The molecule has 0 bridgehead atoms. The van der Waals surface area contributed by atoms with E-state index >= 15 is 0 Å². The molecule has 0 aliphatic carbocycles. The lowest BCUT2D eigenvalue weighted by atomic mass is 10.00. The third-order valence-electron chi connectivity index (χ3n) is 4.64. The van der Waals surface area contributed by atoms with E-state index < -0.39 is 0 Å². The summed E-state index contributed by atoms with van der Waals surface area (Å²) in [5.74, 6) is 1.26. The summed E-state index contributed by atoms with van der Waals surface area (Å²) in [5.41, 5.74) is 5.33. The van der Waals surface area contributed by atoms with Gasteiger partial charge in [0, 0.05) is 19.2 Å². The number of aromatic nitrogens is 1. The highest BCUT2D eigenvalue weighted by atomic mass is 16.3. The van der Waals surface area contributed by atoms with Crippen molar-refractivity contribution in [2.24, 2.45) is 0 Å². The summed E-state index contributed by atoms with van der Waals surface area (Å²) in [4.78, 5) is 7.13. The molecule has 3 rings (SSSR count). The van der Waals surface area contributed by atoms with E-state index in [1.807, 2.05) is 19.1 Å². The van der Waals surface area contributed by atoms with Crippen LogP contribution in [0.5, 0.6) is 5.75 Å². The van der Waals surface area contributed by atoms with E-state index in [9.17, 15) is 5.11 Å². The first-order chi connectivity index (χ1) is 12.6. The van der Waals surface area contributed by atoms with E-state index in [-0.39, 0.29) is 5.75 Å². The maximum atomic E-state index is 9.73. The van der Waals surface area contributed by atoms with Gasteiger partial charge >= 0.3 is 0 Å². The number of rotatable bonds is 6. The van der Waals surface area contributed by atoms with Crippen molar-refractivity contribution in [1.29, 1.82) is 0 Å². The van der Waals surface area contributed by atoms with Crippen molar-refractivity contribution < 1.29 is 5.11 Å². The standard InChI is InChI=1S/C23H26N2O/c1-4-5-13-25(3)23-16-19(18-9-7-6-8-10-18)15-22(24-23)21-12-11-20(26)14-17(21)2/h6-12,14-16,26H,4-5,13H2,1-3H3. The van der Waals surface area contributed by atoms with Crippen molar-refractivity contribution >= 4 is 5.82 Å². The molecule has 134 valence electrons. The Balaban J connectivity index is 2.11. The zero-order valence-corrected chi connectivity index (χ0v) is 15.7. The van der Waals surface area contributed by atoms with Gasteiger partial charge in [-0.2, -0.15) is 0 Å². The van der Waals surface area contributed by atoms with Gasteiger partial charge in [-0.3, -0.25) is 0 Å². The fourth-order valence-corrected chi connectivity index (χ4v) is 3.09. The molecule has 0 radical (unpaired) electrons. The average Bonchev–Trinajstić information content (AvgIpc) is 2.66. The highest BCUT2D eigenvalue weighted by Crippen LogP contribution is 2.31. The summed E-state index contributed by atoms with van der Waals surface area (Å²) in [7, 11) is 2.10. The molecule has 0 saturated carbocycles. The molecule has 1 N–H and O–H groups in total. The predicted molar refractivity (Wildman–Crippen MR) is 110 cm³/mol. The van der Waals surface area contributed by atoms with Crippen LogP contribution in [0.25, 0.3) is 22.4 Å². The Bertz CT molecular complexity index is 875. The van der Waals surface area contributed by atoms with E-state index in [2.05, 4.69) is 55.3 Å². The molecule has 26 heavy (non-hydrogen) atoms. The van der Waals surface area contributed by atoms with Crippen molar-refractivity contribution in [3.05, 3.63) is 66.2 Å². The third-order valence-corrected chi connectivity index (χ3v) is 4.64. The van der Waals surface area contributed by atoms with Crippen LogP contribution in [0.3, 0.4) is 0 Å². The number of phenols is 1. The van der Waals surface area contributed by atoms with Crippen molar-refractivity contribution in [2.45, 2.75) is 26.7 Å². The number of hydrogen-bond acceptors (Lipinski definition) is 3. The Labute approximate surface area is 156 Å². The second-order valence-electron chi connectivity index (χ2n) is 6.74. The zero-order valence-electron chi connectivity index (χ0n) is 15.7. The van der Waals surface area contributed by atoms with E-state index in [0.29, 0.717) is 0 Å². The monoisotopic (exact) mass is 346 g/mol. The first-order valence-corrected chi connectivity index (χ1v) is 9.17. The lowest BCUT2D eigenvalue weighted by Gasteiger charge is -2.20. The molecule has 0 aliphatic heterocycles. The Morgan fingerprint density at radius 2 is 1.73 bits per heavy atom. The molecule has 1 aromatic heterocycles. The minimum absolute atomic E-state index is 0.283. The van der Waals surface area contributed by atoms with E-state index in [4.69, 9.17) is 4.98 Å².